The number of hydrogen-bond acceptors (Lipinski definition) is 5. The molecule has 2 rings (SSSR count). The number of esters is 1. The van der Waals surface area contributed by atoms with Crippen molar-refractivity contribution in [2.75, 3.05) is 40.8 Å². The molecule has 1 aromatic rings. The second kappa shape index (κ2) is 6.41. The minimum Gasteiger partial charge on any atom is -0.463 e. The van der Waals surface area contributed by atoms with Crippen molar-refractivity contribution in [2.45, 2.75) is 19.4 Å². The van der Waals surface area contributed by atoms with Gasteiger partial charge in [0.25, 0.3) is 0 Å². The number of methoxy groups -OCH3 is 1. The van der Waals surface area contributed by atoms with Crippen LogP contribution in [0.15, 0.2) is 16.5 Å². The monoisotopic (exact) mass is 280 g/mol. The van der Waals surface area contributed by atoms with E-state index in [2.05, 4.69) is 35.6 Å². The molecule has 5 heteroatoms. The first-order valence-corrected chi connectivity index (χ1v) is 7.08. The van der Waals surface area contributed by atoms with Crippen LogP contribution in [0.1, 0.15) is 35.7 Å². The highest BCUT2D eigenvalue weighted by Crippen LogP contribution is 2.24. The molecule has 1 saturated heterocycles. The van der Waals surface area contributed by atoms with Gasteiger partial charge in [-0.1, -0.05) is 0 Å². The van der Waals surface area contributed by atoms with Crippen LogP contribution in [-0.4, -0.2) is 56.6 Å². The highest BCUT2D eigenvalue weighted by atomic mass is 16.5. The van der Waals surface area contributed by atoms with E-state index in [0.29, 0.717) is 5.92 Å². The Balaban J connectivity index is 1.94. The van der Waals surface area contributed by atoms with E-state index >= 15 is 0 Å². The molecule has 5 nitrogen and oxygen atoms in total. The van der Waals surface area contributed by atoms with E-state index in [9.17, 15) is 4.79 Å². The molecule has 0 spiro atoms. The molecule has 1 aromatic heterocycles. The van der Waals surface area contributed by atoms with E-state index in [1.807, 2.05) is 6.07 Å². The normalized spacial score (nSPS) is 21.4. The number of carbonyl (C=O) groups excluding carboxylic acids is 1. The third kappa shape index (κ3) is 3.41. The van der Waals surface area contributed by atoms with Crippen LogP contribution in [0.4, 0.5) is 0 Å². The largest absolute Gasteiger partial charge is 0.463 e. The highest BCUT2D eigenvalue weighted by Gasteiger charge is 2.24. The van der Waals surface area contributed by atoms with Crippen molar-refractivity contribution >= 4 is 5.97 Å². The van der Waals surface area contributed by atoms with Crippen molar-refractivity contribution in [3.05, 3.63) is 23.7 Å². The lowest BCUT2D eigenvalue weighted by Crippen LogP contribution is -2.29. The third-order valence-electron chi connectivity index (χ3n) is 4.12. The van der Waals surface area contributed by atoms with Gasteiger partial charge < -0.3 is 14.1 Å². The van der Waals surface area contributed by atoms with Gasteiger partial charge in [-0.05, 0) is 52.0 Å². The second-order valence-corrected chi connectivity index (χ2v) is 5.73. The van der Waals surface area contributed by atoms with Gasteiger partial charge >= 0.3 is 5.97 Å². The molecule has 1 fully saturated rings. The average molecular weight is 280 g/mol. The van der Waals surface area contributed by atoms with E-state index in [-0.39, 0.29) is 11.8 Å². The standard InChI is InChI=1S/C15H24N2O3/c1-11(13-5-6-14(20-13)15(18)19-4)17(3)10-12-7-8-16(2)9-12/h5-6,11-12H,7-10H2,1-4H3. The van der Waals surface area contributed by atoms with Crippen LogP contribution in [-0.2, 0) is 4.74 Å². The number of likely N-dealkylation sites (tertiary alicyclic amines) is 1. The minimum absolute atomic E-state index is 0.152. The van der Waals surface area contributed by atoms with Crippen LogP contribution >= 0.6 is 0 Å². The zero-order valence-electron chi connectivity index (χ0n) is 12.8. The zero-order chi connectivity index (χ0) is 14.7. The Morgan fingerprint density at radius 3 is 2.95 bits per heavy atom. The Hall–Kier alpha value is -1.33. The Morgan fingerprint density at radius 1 is 1.60 bits per heavy atom. The summed E-state index contributed by atoms with van der Waals surface area (Å²) in [6.07, 6.45) is 1.25. The molecule has 2 unspecified atom stereocenters. The summed E-state index contributed by atoms with van der Waals surface area (Å²) in [5, 5.41) is 0. The predicted octanol–water partition coefficient (Wildman–Crippen LogP) is 2.01. The fourth-order valence-electron chi connectivity index (χ4n) is 2.75. The molecule has 1 aliphatic heterocycles. The number of carbonyl (C=O) groups is 1. The maximum Gasteiger partial charge on any atom is 0.373 e. The first-order chi connectivity index (χ1) is 9.51. The molecule has 0 amide bonds. The quantitative estimate of drug-likeness (QED) is 0.772. The number of rotatable bonds is 5. The third-order valence-corrected chi connectivity index (χ3v) is 4.12. The molecule has 0 radical (unpaired) electrons. The highest BCUT2D eigenvalue weighted by molar-refractivity contribution is 5.86. The van der Waals surface area contributed by atoms with Gasteiger partial charge in [0.2, 0.25) is 5.76 Å². The maximum absolute atomic E-state index is 11.4. The molecule has 20 heavy (non-hydrogen) atoms. The van der Waals surface area contributed by atoms with Crippen molar-refractivity contribution < 1.29 is 13.9 Å². The summed E-state index contributed by atoms with van der Waals surface area (Å²) in [5.41, 5.74) is 0. The lowest BCUT2D eigenvalue weighted by molar-refractivity contribution is 0.0559. The van der Waals surface area contributed by atoms with E-state index < -0.39 is 5.97 Å². The number of hydrogen-bond donors (Lipinski definition) is 0. The predicted molar refractivity (Wildman–Crippen MR) is 76.7 cm³/mol. The van der Waals surface area contributed by atoms with Gasteiger partial charge in [-0.3, -0.25) is 4.90 Å². The molecule has 112 valence electrons. The summed E-state index contributed by atoms with van der Waals surface area (Å²) in [6, 6.07) is 3.68. The van der Waals surface area contributed by atoms with Crippen molar-refractivity contribution in [1.29, 1.82) is 0 Å². The van der Waals surface area contributed by atoms with Gasteiger partial charge in [-0.25, -0.2) is 4.79 Å². The van der Waals surface area contributed by atoms with E-state index in [1.165, 1.54) is 20.1 Å². The van der Waals surface area contributed by atoms with E-state index in [4.69, 9.17) is 4.42 Å². The van der Waals surface area contributed by atoms with E-state index in [1.54, 1.807) is 6.07 Å². The van der Waals surface area contributed by atoms with Crippen molar-refractivity contribution in [3.63, 3.8) is 0 Å². The molecule has 2 atom stereocenters. The van der Waals surface area contributed by atoms with E-state index in [0.717, 1.165) is 18.8 Å². The van der Waals surface area contributed by atoms with Crippen LogP contribution < -0.4 is 0 Å². The summed E-state index contributed by atoms with van der Waals surface area (Å²) in [7, 11) is 5.62. The van der Waals surface area contributed by atoms with Gasteiger partial charge in [0.05, 0.1) is 13.2 Å². The molecule has 0 bridgehead atoms. The lowest BCUT2D eigenvalue weighted by Gasteiger charge is -2.26. The van der Waals surface area contributed by atoms with Gasteiger partial charge in [0, 0.05) is 13.1 Å². The molecule has 0 N–H and O–H groups in total. The summed E-state index contributed by atoms with van der Waals surface area (Å²) in [6.45, 7) is 5.47. The SMILES string of the molecule is COC(=O)c1ccc(C(C)N(C)CC2CCN(C)C2)o1. The fraction of sp³-hybridized carbons (Fsp3) is 0.667. The van der Waals surface area contributed by atoms with Crippen LogP contribution in [0.3, 0.4) is 0 Å². The lowest BCUT2D eigenvalue weighted by atomic mass is 10.1. The Bertz CT molecular complexity index is 458. The van der Waals surface area contributed by atoms with Gasteiger partial charge in [0.15, 0.2) is 0 Å². The molecular formula is C15H24N2O3. The minimum atomic E-state index is -0.427. The fourth-order valence-corrected chi connectivity index (χ4v) is 2.75. The van der Waals surface area contributed by atoms with Gasteiger partial charge in [0.1, 0.15) is 5.76 Å². The van der Waals surface area contributed by atoms with Crippen LogP contribution in [0.5, 0.6) is 0 Å². The van der Waals surface area contributed by atoms with Crippen molar-refractivity contribution in [2.24, 2.45) is 5.92 Å². The van der Waals surface area contributed by atoms with Crippen LogP contribution in [0, 0.1) is 5.92 Å². The molecule has 1 aliphatic rings. The molecule has 0 saturated carbocycles. The summed E-state index contributed by atoms with van der Waals surface area (Å²) in [4.78, 5) is 16.0. The van der Waals surface area contributed by atoms with Crippen LogP contribution in [0.25, 0.3) is 0 Å². The molecule has 0 aromatic carbocycles. The second-order valence-electron chi connectivity index (χ2n) is 5.73. The van der Waals surface area contributed by atoms with Gasteiger partial charge in [-0.2, -0.15) is 0 Å². The van der Waals surface area contributed by atoms with Gasteiger partial charge in [-0.15, -0.1) is 0 Å². The number of furan rings is 1. The average Bonchev–Trinajstić information content (AvgIpc) is 3.06. The number of nitrogens with zero attached hydrogens (tertiary/aromatic N) is 2. The van der Waals surface area contributed by atoms with Crippen LogP contribution in [0.2, 0.25) is 0 Å². The maximum atomic E-state index is 11.4. The molecule has 0 aliphatic carbocycles. The zero-order valence-corrected chi connectivity index (χ0v) is 12.8. The summed E-state index contributed by atoms with van der Waals surface area (Å²) >= 11 is 0. The first-order valence-electron chi connectivity index (χ1n) is 7.08. The Kier molecular flexibility index (Phi) is 4.83. The Labute approximate surface area is 120 Å². The Morgan fingerprint density at radius 2 is 2.35 bits per heavy atom. The molecule has 2 heterocycles. The van der Waals surface area contributed by atoms with Crippen molar-refractivity contribution in [3.8, 4) is 0 Å². The van der Waals surface area contributed by atoms with Crippen molar-refractivity contribution in [1.82, 2.24) is 9.80 Å². The summed E-state index contributed by atoms with van der Waals surface area (Å²) in [5.74, 6) is 1.36. The smallest absolute Gasteiger partial charge is 0.373 e. The number of ether oxygens (including phenoxy) is 1. The topological polar surface area (TPSA) is 45.9 Å². The molecular weight excluding hydrogens is 256 g/mol. The summed E-state index contributed by atoms with van der Waals surface area (Å²) < 4.78 is 10.2. The first kappa shape index (κ1) is 15.1.